The minimum Gasteiger partial charge on any atom is -0.497 e. The van der Waals surface area contributed by atoms with Crippen LogP contribution in [0.1, 0.15) is 50.2 Å². The largest absolute Gasteiger partial charge is 0.497 e. The van der Waals surface area contributed by atoms with Crippen molar-refractivity contribution in [3.63, 3.8) is 0 Å². The third kappa shape index (κ3) is 4.34. The number of nitrogens with zero attached hydrogens (tertiary/aromatic N) is 4. The lowest BCUT2D eigenvalue weighted by Gasteiger charge is -2.35. The average molecular weight is 477 g/mol. The summed E-state index contributed by atoms with van der Waals surface area (Å²) >= 11 is 0. The number of aromatic nitrogens is 2. The Kier molecular flexibility index (Phi) is 6.15. The number of carbonyl (C=O) groups excluding carboxylic acids is 2. The highest BCUT2D eigenvalue weighted by Crippen LogP contribution is 2.39. The van der Waals surface area contributed by atoms with Crippen molar-refractivity contribution in [3.8, 4) is 11.5 Å². The van der Waals surface area contributed by atoms with E-state index in [1.807, 2.05) is 25.1 Å². The van der Waals surface area contributed by atoms with Gasteiger partial charge in [-0.05, 0) is 37.1 Å². The van der Waals surface area contributed by atoms with Gasteiger partial charge < -0.3 is 23.7 Å². The molecule has 1 atom stereocenters. The van der Waals surface area contributed by atoms with Gasteiger partial charge >= 0.3 is 0 Å². The lowest BCUT2D eigenvalue weighted by atomic mass is 9.81. The second-order valence-electron chi connectivity index (χ2n) is 8.82. The molecule has 1 saturated heterocycles. The maximum absolute atomic E-state index is 13.1. The highest BCUT2D eigenvalue weighted by Gasteiger charge is 2.33. The number of anilines is 1. The molecule has 35 heavy (non-hydrogen) atoms. The van der Waals surface area contributed by atoms with Gasteiger partial charge in [-0.3, -0.25) is 9.59 Å². The second kappa shape index (κ2) is 9.40. The lowest BCUT2D eigenvalue weighted by Crippen LogP contribution is -2.49. The molecule has 0 N–H and O–H groups in total. The quantitative estimate of drug-likeness (QED) is 0.554. The van der Waals surface area contributed by atoms with Gasteiger partial charge in [-0.15, -0.1) is 0 Å². The van der Waals surface area contributed by atoms with Crippen LogP contribution in [0.15, 0.2) is 41.0 Å². The molecular formula is C26H28N4O5. The summed E-state index contributed by atoms with van der Waals surface area (Å²) in [6, 6.07) is 9.08. The van der Waals surface area contributed by atoms with Crippen molar-refractivity contribution in [1.29, 1.82) is 0 Å². The molecule has 3 heterocycles. The Morgan fingerprint density at radius 1 is 1.06 bits per heavy atom. The third-order valence-corrected chi connectivity index (χ3v) is 6.77. The van der Waals surface area contributed by atoms with Crippen LogP contribution in [0.2, 0.25) is 0 Å². The molecule has 9 nitrogen and oxygen atoms in total. The van der Waals surface area contributed by atoms with Crippen LogP contribution in [-0.4, -0.2) is 67.0 Å². The van der Waals surface area contributed by atoms with E-state index >= 15 is 0 Å². The predicted octanol–water partition coefficient (Wildman–Crippen LogP) is 3.27. The fourth-order valence-corrected chi connectivity index (χ4v) is 4.94. The normalized spacial score (nSPS) is 17.8. The molecule has 1 aliphatic heterocycles. The molecule has 0 saturated carbocycles. The first-order chi connectivity index (χ1) is 17.0. The number of hydrogen-bond donors (Lipinski definition) is 0. The Morgan fingerprint density at radius 3 is 2.54 bits per heavy atom. The average Bonchev–Trinajstić information content (AvgIpc) is 3.42. The van der Waals surface area contributed by atoms with Gasteiger partial charge in [0.25, 0.3) is 5.91 Å². The van der Waals surface area contributed by atoms with Crippen molar-refractivity contribution in [1.82, 2.24) is 14.9 Å². The van der Waals surface area contributed by atoms with E-state index in [0.29, 0.717) is 73.5 Å². The molecule has 1 amide bonds. The number of benzene rings is 1. The van der Waals surface area contributed by atoms with Gasteiger partial charge in [0.15, 0.2) is 11.5 Å². The molecule has 2 aromatic heterocycles. The smallest absolute Gasteiger partial charge is 0.289 e. The van der Waals surface area contributed by atoms with Crippen molar-refractivity contribution in [3.05, 3.63) is 64.9 Å². The Bertz CT molecular complexity index is 1250. The molecule has 3 aromatic rings. The van der Waals surface area contributed by atoms with Crippen molar-refractivity contribution in [2.75, 3.05) is 45.3 Å². The number of fused-ring (bicyclic) bond motifs is 1. The van der Waals surface area contributed by atoms with Crippen molar-refractivity contribution in [2.24, 2.45) is 0 Å². The highest BCUT2D eigenvalue weighted by molar-refractivity contribution is 6.00. The van der Waals surface area contributed by atoms with E-state index in [9.17, 15) is 9.59 Å². The van der Waals surface area contributed by atoms with Crippen molar-refractivity contribution >= 4 is 17.6 Å². The molecular weight excluding hydrogens is 448 g/mol. The number of Topliss-reactive ketones (excluding diaryl/α,β-unsaturated/α-hetero) is 1. The van der Waals surface area contributed by atoms with Crippen LogP contribution in [0.5, 0.6) is 11.5 Å². The molecule has 2 aliphatic rings. The van der Waals surface area contributed by atoms with Gasteiger partial charge in [0, 0.05) is 44.6 Å². The number of carbonyl (C=O) groups is 2. The van der Waals surface area contributed by atoms with Crippen LogP contribution < -0.4 is 14.4 Å². The summed E-state index contributed by atoms with van der Waals surface area (Å²) in [6.07, 6.45) is 2.51. The van der Waals surface area contributed by atoms with Gasteiger partial charge in [0.1, 0.15) is 11.5 Å². The van der Waals surface area contributed by atoms with E-state index in [-0.39, 0.29) is 17.6 Å². The third-order valence-electron chi connectivity index (χ3n) is 6.77. The fourth-order valence-electron chi connectivity index (χ4n) is 4.94. The number of amides is 1. The summed E-state index contributed by atoms with van der Waals surface area (Å²) in [5, 5.41) is 0. The van der Waals surface area contributed by atoms with Crippen LogP contribution in [0.3, 0.4) is 0 Å². The lowest BCUT2D eigenvalue weighted by molar-refractivity contribution is 0.0713. The summed E-state index contributed by atoms with van der Waals surface area (Å²) in [4.78, 5) is 39.0. The second-order valence-corrected chi connectivity index (χ2v) is 8.82. The molecule has 9 heteroatoms. The predicted molar refractivity (Wildman–Crippen MR) is 129 cm³/mol. The summed E-state index contributed by atoms with van der Waals surface area (Å²) < 4.78 is 16.2. The molecule has 5 rings (SSSR count). The Morgan fingerprint density at radius 2 is 1.86 bits per heavy atom. The molecule has 1 fully saturated rings. The zero-order chi connectivity index (χ0) is 24.5. The number of ether oxygens (including phenoxy) is 2. The fraction of sp³-hybridized carbons (Fsp3) is 0.385. The van der Waals surface area contributed by atoms with Gasteiger partial charge in [-0.2, -0.15) is 0 Å². The van der Waals surface area contributed by atoms with E-state index in [2.05, 4.69) is 9.88 Å². The minimum absolute atomic E-state index is 0.0410. The zero-order valence-electron chi connectivity index (χ0n) is 20.1. The van der Waals surface area contributed by atoms with E-state index < -0.39 is 0 Å². The molecule has 1 aromatic carbocycles. The molecule has 0 spiro atoms. The van der Waals surface area contributed by atoms with Gasteiger partial charge in [-0.1, -0.05) is 6.07 Å². The van der Waals surface area contributed by atoms with E-state index in [0.717, 1.165) is 11.3 Å². The number of aryl methyl sites for hydroxylation is 1. The van der Waals surface area contributed by atoms with Gasteiger partial charge in [0.05, 0.1) is 37.4 Å². The zero-order valence-corrected chi connectivity index (χ0v) is 20.1. The summed E-state index contributed by atoms with van der Waals surface area (Å²) in [5.41, 5.74) is 3.06. The van der Waals surface area contributed by atoms with Crippen LogP contribution in [-0.2, 0) is 6.42 Å². The number of rotatable bonds is 5. The van der Waals surface area contributed by atoms with Crippen molar-refractivity contribution < 1.29 is 23.5 Å². The molecule has 182 valence electrons. The first-order valence-electron chi connectivity index (χ1n) is 11.7. The number of piperazine rings is 1. The summed E-state index contributed by atoms with van der Waals surface area (Å²) in [6.45, 7) is 4.17. The Balaban J connectivity index is 1.36. The van der Waals surface area contributed by atoms with Gasteiger partial charge in [0.2, 0.25) is 5.95 Å². The number of hydrogen-bond acceptors (Lipinski definition) is 8. The van der Waals surface area contributed by atoms with Crippen LogP contribution in [0.25, 0.3) is 0 Å². The molecule has 0 unspecified atom stereocenters. The van der Waals surface area contributed by atoms with E-state index in [4.69, 9.17) is 18.9 Å². The summed E-state index contributed by atoms with van der Waals surface area (Å²) in [7, 11) is 3.24. The SMILES string of the molecule is COc1ccc([C@@H]2CC(=O)c3c(C)nc(N4CCN(C(=O)c5ccco5)CC4)nc3C2)c(OC)c1. The van der Waals surface area contributed by atoms with E-state index in [1.54, 1.807) is 31.3 Å². The first kappa shape index (κ1) is 22.9. The minimum atomic E-state index is -0.112. The Hall–Kier alpha value is -3.88. The maximum atomic E-state index is 13.1. The number of furan rings is 1. The standard InChI is InChI=1S/C26H28N4O5/c1-16-24-20(13-17(14-21(24)31)19-7-6-18(33-2)15-23(19)34-3)28-26(27-16)30-10-8-29(9-11-30)25(32)22-5-4-12-35-22/h4-7,12,15,17H,8-11,13-14H2,1-3H3/t17-/m0/s1. The maximum Gasteiger partial charge on any atom is 0.289 e. The van der Waals surface area contributed by atoms with E-state index in [1.165, 1.54) is 6.26 Å². The number of methoxy groups -OCH3 is 2. The molecule has 0 bridgehead atoms. The van der Waals surface area contributed by atoms with Crippen LogP contribution >= 0.6 is 0 Å². The molecule has 1 aliphatic carbocycles. The number of ketones is 1. The topological polar surface area (TPSA) is 98.0 Å². The van der Waals surface area contributed by atoms with Crippen LogP contribution in [0, 0.1) is 6.92 Å². The van der Waals surface area contributed by atoms with Crippen molar-refractivity contribution in [2.45, 2.75) is 25.7 Å². The van der Waals surface area contributed by atoms with Crippen LogP contribution in [0.4, 0.5) is 5.95 Å². The Labute approximate surface area is 203 Å². The first-order valence-corrected chi connectivity index (χ1v) is 11.7. The monoisotopic (exact) mass is 476 g/mol. The van der Waals surface area contributed by atoms with Gasteiger partial charge in [-0.25, -0.2) is 9.97 Å². The molecule has 0 radical (unpaired) electrons. The highest BCUT2D eigenvalue weighted by atomic mass is 16.5. The summed E-state index contributed by atoms with van der Waals surface area (Å²) in [5.74, 6) is 2.25.